The molecule has 0 aromatic carbocycles. The van der Waals surface area contributed by atoms with Crippen molar-refractivity contribution in [3.63, 3.8) is 0 Å². The minimum atomic E-state index is -0.201. The molecule has 0 atom stereocenters. The molecule has 16 heavy (non-hydrogen) atoms. The zero-order valence-electron chi connectivity index (χ0n) is 10.8. The van der Waals surface area contributed by atoms with E-state index in [1.165, 1.54) is 51.4 Å². The van der Waals surface area contributed by atoms with E-state index >= 15 is 0 Å². The summed E-state index contributed by atoms with van der Waals surface area (Å²) in [6, 6.07) is 0. The molecule has 0 aromatic heterocycles. The van der Waals surface area contributed by atoms with Crippen LogP contribution in [0.2, 0.25) is 0 Å². The Morgan fingerprint density at radius 1 is 0.688 bits per heavy atom. The Labute approximate surface area is 114 Å². The molecule has 0 heterocycles. The van der Waals surface area contributed by atoms with E-state index in [4.69, 9.17) is 7.58 Å². The second kappa shape index (κ2) is 18.1. The van der Waals surface area contributed by atoms with Gasteiger partial charge in [0.2, 0.25) is 0 Å². The van der Waals surface area contributed by atoms with Gasteiger partial charge in [-0.2, -0.15) is 0 Å². The Hall–Kier alpha value is 0.742. The van der Waals surface area contributed by atoms with Crippen LogP contribution in [-0.2, 0) is 7.58 Å². The van der Waals surface area contributed by atoms with Gasteiger partial charge in [0.15, 0.2) is 0 Å². The zero-order chi connectivity index (χ0) is 11.2. The van der Waals surface area contributed by atoms with Crippen LogP contribution >= 0.6 is 0 Å². The van der Waals surface area contributed by atoms with E-state index in [-0.39, 0.29) is 28.3 Å². The van der Waals surface area contributed by atoms with Gasteiger partial charge in [0.25, 0.3) is 0 Å². The first kappa shape index (κ1) is 19.1. The van der Waals surface area contributed by atoms with Gasteiger partial charge in [-0.15, -0.1) is 0 Å². The van der Waals surface area contributed by atoms with Crippen molar-refractivity contribution < 1.29 is 20.0 Å². The molecular formula is C12H26AlClO2. The van der Waals surface area contributed by atoms with Gasteiger partial charge in [-0.25, -0.2) is 0 Å². The van der Waals surface area contributed by atoms with Crippen LogP contribution in [0.3, 0.4) is 0 Å². The topological polar surface area (TPSA) is 18.5 Å². The molecule has 0 aromatic rings. The van der Waals surface area contributed by atoms with Crippen LogP contribution < -0.4 is 12.4 Å². The molecule has 0 bridgehead atoms. The molecule has 0 radical (unpaired) electrons. The van der Waals surface area contributed by atoms with E-state index in [1.807, 2.05) is 0 Å². The van der Waals surface area contributed by atoms with Crippen molar-refractivity contribution >= 4 is 15.9 Å². The molecule has 0 N–H and O–H groups in total. The minimum Gasteiger partial charge on any atom is -1.00 e. The van der Waals surface area contributed by atoms with Crippen molar-refractivity contribution in [2.75, 3.05) is 13.2 Å². The summed E-state index contributed by atoms with van der Waals surface area (Å²) in [5, 5.41) is 0. The smallest absolute Gasteiger partial charge is 1.00 e. The number of halogens is 1. The van der Waals surface area contributed by atoms with Gasteiger partial charge in [0.05, 0.1) is 0 Å². The van der Waals surface area contributed by atoms with Gasteiger partial charge in [-0.05, 0) is 0 Å². The predicted octanol–water partition coefficient (Wildman–Crippen LogP) is 0.718. The summed E-state index contributed by atoms with van der Waals surface area (Å²) < 4.78 is 10.9. The van der Waals surface area contributed by atoms with Crippen LogP contribution in [0.1, 0.15) is 65.2 Å². The average Bonchev–Trinajstić information content (AvgIpc) is 2.26. The van der Waals surface area contributed by atoms with Crippen molar-refractivity contribution in [3.05, 3.63) is 0 Å². The van der Waals surface area contributed by atoms with Crippen LogP contribution in [0.15, 0.2) is 0 Å². The molecule has 0 aliphatic heterocycles. The fourth-order valence-electron chi connectivity index (χ4n) is 1.37. The Morgan fingerprint density at radius 2 is 1.12 bits per heavy atom. The van der Waals surface area contributed by atoms with Crippen LogP contribution in [0.4, 0.5) is 0 Å². The van der Waals surface area contributed by atoms with Crippen molar-refractivity contribution in [2.24, 2.45) is 0 Å². The fraction of sp³-hybridized carbons (Fsp3) is 1.00. The summed E-state index contributed by atoms with van der Waals surface area (Å²) in [6.45, 7) is 6.24. The molecule has 0 unspecified atom stereocenters. The number of rotatable bonds is 12. The van der Waals surface area contributed by atoms with Crippen molar-refractivity contribution in [3.8, 4) is 0 Å². The molecule has 96 valence electrons. The summed E-state index contributed by atoms with van der Waals surface area (Å²) >= 11 is -0.201. The number of unbranched alkanes of at least 4 members (excludes halogenated alkanes) is 6. The molecular weight excluding hydrogens is 239 g/mol. The summed E-state index contributed by atoms with van der Waals surface area (Å²) in [7, 11) is 0. The number of hydrogen-bond donors (Lipinski definition) is 0. The fourth-order valence-corrected chi connectivity index (χ4v) is 1.99. The van der Waals surface area contributed by atoms with E-state index in [0.717, 1.165) is 13.2 Å². The van der Waals surface area contributed by atoms with Crippen molar-refractivity contribution in [1.29, 1.82) is 0 Å². The minimum absolute atomic E-state index is 0. The molecule has 0 aliphatic carbocycles. The summed E-state index contributed by atoms with van der Waals surface area (Å²) in [4.78, 5) is 0. The van der Waals surface area contributed by atoms with E-state index in [2.05, 4.69) is 13.8 Å². The maximum absolute atomic E-state index is 5.45. The van der Waals surface area contributed by atoms with Crippen LogP contribution in [0.25, 0.3) is 0 Å². The third-order valence-corrected chi connectivity index (χ3v) is 3.11. The second-order valence-electron chi connectivity index (χ2n) is 3.96. The van der Waals surface area contributed by atoms with E-state index in [9.17, 15) is 0 Å². The standard InChI is InChI=1S/2C6H13O.Al.ClH/c2*1-2-3-4-5-6-7;;/h2*2-6H2,1H3;;1H/q2*-1;+3;/p-1. The maximum atomic E-state index is 5.45. The van der Waals surface area contributed by atoms with Crippen LogP contribution in [0.5, 0.6) is 0 Å². The Morgan fingerprint density at radius 3 is 1.50 bits per heavy atom. The predicted molar refractivity (Wildman–Crippen MR) is 65.9 cm³/mol. The van der Waals surface area contributed by atoms with Gasteiger partial charge in [-0.1, -0.05) is 0 Å². The first-order valence-corrected chi connectivity index (χ1v) is 7.41. The first-order chi connectivity index (χ1) is 7.41. The first-order valence-electron chi connectivity index (χ1n) is 6.46. The molecule has 0 aliphatic rings. The zero-order valence-corrected chi connectivity index (χ0v) is 12.8. The van der Waals surface area contributed by atoms with Gasteiger partial charge in [0.1, 0.15) is 0 Å². The molecule has 0 fully saturated rings. The molecule has 2 nitrogen and oxygen atoms in total. The van der Waals surface area contributed by atoms with E-state index in [0.29, 0.717) is 0 Å². The van der Waals surface area contributed by atoms with Crippen LogP contribution in [0, 0.1) is 0 Å². The Kier molecular flexibility index (Phi) is 21.6. The molecule has 4 heteroatoms. The molecule has 0 spiro atoms. The van der Waals surface area contributed by atoms with Crippen LogP contribution in [-0.4, -0.2) is 29.1 Å². The van der Waals surface area contributed by atoms with Crippen molar-refractivity contribution in [1.82, 2.24) is 0 Å². The molecule has 0 rings (SSSR count). The SMILES string of the molecule is CCCCCC[O][Al+][O]CCCCCC.[Cl-]. The second-order valence-corrected chi connectivity index (χ2v) is 4.82. The largest absolute Gasteiger partial charge is 1.00 e. The molecule has 0 saturated carbocycles. The Balaban J connectivity index is 0. The normalized spacial score (nSPS) is 9.62. The maximum Gasteiger partial charge on any atom is -1.00 e. The van der Waals surface area contributed by atoms with Gasteiger partial charge in [0, 0.05) is 0 Å². The quantitative estimate of drug-likeness (QED) is 0.382. The van der Waals surface area contributed by atoms with Gasteiger partial charge >= 0.3 is 102 Å². The Bertz CT molecular complexity index is 103. The summed E-state index contributed by atoms with van der Waals surface area (Å²) in [5.41, 5.74) is 0. The summed E-state index contributed by atoms with van der Waals surface area (Å²) in [6.07, 6.45) is 10.2. The number of hydrogen-bond acceptors (Lipinski definition) is 2. The van der Waals surface area contributed by atoms with Crippen molar-refractivity contribution in [2.45, 2.75) is 65.2 Å². The van der Waals surface area contributed by atoms with Gasteiger partial charge in [-0.3, -0.25) is 0 Å². The van der Waals surface area contributed by atoms with Gasteiger partial charge < -0.3 is 12.4 Å². The van der Waals surface area contributed by atoms with E-state index in [1.54, 1.807) is 0 Å². The third-order valence-electron chi connectivity index (χ3n) is 2.37. The third kappa shape index (κ3) is 17.1. The summed E-state index contributed by atoms with van der Waals surface area (Å²) in [5.74, 6) is 0. The average molecular weight is 265 g/mol. The monoisotopic (exact) mass is 264 g/mol. The molecule has 0 amide bonds. The molecule has 0 saturated heterocycles. The van der Waals surface area contributed by atoms with E-state index < -0.39 is 0 Å².